The van der Waals surface area contributed by atoms with Gasteiger partial charge in [0.1, 0.15) is 11.8 Å². The number of halogens is 1. The molecule has 10 heteroatoms. The van der Waals surface area contributed by atoms with Crippen LogP contribution in [-0.4, -0.2) is 22.6 Å². The molecule has 0 bridgehead atoms. The normalized spacial score (nSPS) is 10.5. The molecule has 3 rings (SSSR count). The number of hydrogen-bond acceptors (Lipinski definition) is 6. The Kier molecular flexibility index (Phi) is 5.28. The number of imidazole rings is 1. The summed E-state index contributed by atoms with van der Waals surface area (Å²) in [4.78, 5) is 12.4. The van der Waals surface area contributed by atoms with Crippen molar-refractivity contribution in [3.05, 3.63) is 63.7 Å². The van der Waals surface area contributed by atoms with Gasteiger partial charge in [0.25, 0.3) is 10.0 Å². The predicted molar refractivity (Wildman–Crippen MR) is 88.8 cm³/mol. The van der Waals surface area contributed by atoms with Gasteiger partial charge in [0.15, 0.2) is 5.34 Å². The van der Waals surface area contributed by atoms with Crippen LogP contribution in [0.4, 0.5) is 0 Å². The Balaban J connectivity index is 0.000000647. The van der Waals surface area contributed by atoms with Crippen LogP contribution >= 0.6 is 15.9 Å². The number of fused-ring (bicyclic) bond motifs is 1. The number of aromatic nitrogens is 2. The third kappa shape index (κ3) is 3.27. The van der Waals surface area contributed by atoms with Gasteiger partial charge in [-0.25, -0.2) is 17.4 Å². The molecule has 0 aliphatic rings. The largest absolute Gasteiger partial charge is 0.379 e. The average Bonchev–Trinajstić information content (AvgIpc) is 3.01. The monoisotopic (exact) mass is 408 g/mol. The van der Waals surface area contributed by atoms with Crippen LogP contribution in [0.15, 0.2) is 63.5 Å². The summed E-state index contributed by atoms with van der Waals surface area (Å²) in [5.41, 5.74) is 1.22. The van der Waals surface area contributed by atoms with Crippen molar-refractivity contribution >= 4 is 37.0 Å². The summed E-state index contributed by atoms with van der Waals surface area (Å²) in [6.07, 6.45) is 1.25. The second kappa shape index (κ2) is 7.20. The minimum Gasteiger partial charge on any atom is -0.379 e. The molecule has 1 N–H and O–H groups in total. The highest BCUT2D eigenvalue weighted by atomic mass is 79.9. The summed E-state index contributed by atoms with van der Waals surface area (Å²) in [6.45, 7) is 0. The Morgan fingerprint density at radius 3 is 2.46 bits per heavy atom. The Bertz CT molecular complexity index is 1030. The van der Waals surface area contributed by atoms with Gasteiger partial charge in [-0.1, -0.05) is 18.2 Å². The Morgan fingerprint density at radius 1 is 1.25 bits per heavy atom. The fourth-order valence-corrected chi connectivity index (χ4v) is 3.86. The molecule has 3 aromatic rings. The molecule has 122 valence electrons. The Morgan fingerprint density at radius 2 is 1.88 bits per heavy atom. The first-order valence-electron chi connectivity index (χ1n) is 6.29. The molecule has 0 saturated carbocycles. The van der Waals surface area contributed by atoms with Gasteiger partial charge in [-0.15, -0.1) is 4.91 Å². The van der Waals surface area contributed by atoms with E-state index in [0.29, 0.717) is 21.1 Å². The minimum absolute atomic E-state index is 0.169. The summed E-state index contributed by atoms with van der Waals surface area (Å²) in [5.74, 6) is 0. The summed E-state index contributed by atoms with van der Waals surface area (Å²) in [7, 11) is -3.74. The average molecular weight is 409 g/mol. The van der Waals surface area contributed by atoms with Gasteiger partial charge in [0.2, 0.25) is 0 Å². The molecule has 1 aromatic heterocycles. The zero-order valence-electron chi connectivity index (χ0n) is 11.9. The number of benzene rings is 2. The molecule has 0 unspecified atom stereocenters. The van der Waals surface area contributed by atoms with Crippen LogP contribution in [0.1, 0.15) is 5.56 Å². The summed E-state index contributed by atoms with van der Waals surface area (Å²) >= 11 is 3.30. The number of rotatable bonds is 2. The fraction of sp³-hybridized carbons (Fsp3) is 0. The predicted octanol–water partition coefficient (Wildman–Crippen LogP) is 3.05. The van der Waals surface area contributed by atoms with Crippen LogP contribution in [0.3, 0.4) is 0 Å². The summed E-state index contributed by atoms with van der Waals surface area (Å²) < 4.78 is 27.0. The molecule has 0 fully saturated rings. The molecular formula is C14H9BrN4O4S. The van der Waals surface area contributed by atoms with Crippen molar-refractivity contribution in [3.63, 3.8) is 0 Å². The van der Waals surface area contributed by atoms with Crippen molar-refractivity contribution in [1.29, 1.82) is 5.26 Å². The zero-order chi connectivity index (χ0) is 17.7. The molecule has 0 spiro atoms. The molecule has 0 aliphatic heterocycles. The maximum absolute atomic E-state index is 12.6. The van der Waals surface area contributed by atoms with E-state index in [0.717, 1.165) is 3.97 Å². The minimum atomic E-state index is -3.74. The van der Waals surface area contributed by atoms with Gasteiger partial charge in [-0.05, 0) is 40.2 Å². The molecule has 1 heterocycles. The number of nitrogens with zero attached hydrogens (tertiary/aromatic N) is 4. The Labute approximate surface area is 145 Å². The molecule has 0 atom stereocenters. The molecule has 24 heavy (non-hydrogen) atoms. The van der Waals surface area contributed by atoms with E-state index in [-0.39, 0.29) is 4.90 Å². The molecular weight excluding hydrogens is 400 g/mol. The third-order valence-corrected chi connectivity index (χ3v) is 5.28. The highest BCUT2D eigenvalue weighted by Crippen LogP contribution is 2.27. The maximum Gasteiger partial charge on any atom is 0.269 e. The van der Waals surface area contributed by atoms with Crippen LogP contribution in [0.25, 0.3) is 11.0 Å². The van der Waals surface area contributed by atoms with Gasteiger partial charge in [0, 0.05) is 4.47 Å². The standard InChI is InChI=1S/C14H8BrN3O2S.HNO2/c15-12-6-10(8-16)7-13-14(12)17-9-18(13)21(19,20)11-4-2-1-3-5-11;2-1-3/h1-7,9H;(H,2,3). The second-order valence-corrected chi connectivity index (χ2v) is 7.05. The van der Waals surface area contributed by atoms with Gasteiger partial charge in [-0.3, -0.25) is 0 Å². The van der Waals surface area contributed by atoms with E-state index in [1.807, 2.05) is 6.07 Å². The third-order valence-electron chi connectivity index (χ3n) is 3.00. The van der Waals surface area contributed by atoms with Crippen LogP contribution in [0.2, 0.25) is 0 Å². The smallest absolute Gasteiger partial charge is 0.269 e. The molecule has 2 aromatic carbocycles. The lowest BCUT2D eigenvalue weighted by Crippen LogP contribution is -2.11. The highest BCUT2D eigenvalue weighted by molar-refractivity contribution is 9.10. The van der Waals surface area contributed by atoms with Crippen LogP contribution < -0.4 is 0 Å². The van der Waals surface area contributed by atoms with E-state index in [1.54, 1.807) is 24.3 Å². The Hall–Kier alpha value is -2.77. The van der Waals surface area contributed by atoms with E-state index >= 15 is 0 Å². The van der Waals surface area contributed by atoms with Crippen LogP contribution in [0.5, 0.6) is 0 Å². The van der Waals surface area contributed by atoms with E-state index < -0.39 is 10.0 Å². The van der Waals surface area contributed by atoms with E-state index in [1.165, 1.54) is 29.9 Å². The van der Waals surface area contributed by atoms with E-state index in [4.69, 9.17) is 15.4 Å². The van der Waals surface area contributed by atoms with E-state index in [9.17, 15) is 8.42 Å². The van der Waals surface area contributed by atoms with Crippen molar-refractivity contribution in [2.75, 3.05) is 0 Å². The van der Waals surface area contributed by atoms with Crippen LogP contribution in [-0.2, 0) is 10.0 Å². The topological polar surface area (TPSA) is 125 Å². The summed E-state index contributed by atoms with van der Waals surface area (Å²) in [6, 6.07) is 13.2. The lowest BCUT2D eigenvalue weighted by atomic mass is 10.2. The van der Waals surface area contributed by atoms with E-state index in [2.05, 4.69) is 20.9 Å². The number of hydrogen-bond donors (Lipinski definition) is 1. The van der Waals surface area contributed by atoms with Gasteiger partial charge in [-0.2, -0.15) is 5.26 Å². The molecule has 0 amide bonds. The maximum atomic E-state index is 12.6. The quantitative estimate of drug-likeness (QED) is 0.512. The van der Waals surface area contributed by atoms with Crippen molar-refractivity contribution in [2.45, 2.75) is 4.90 Å². The van der Waals surface area contributed by atoms with Gasteiger partial charge < -0.3 is 5.21 Å². The molecule has 0 aliphatic carbocycles. The first-order chi connectivity index (χ1) is 11.5. The fourth-order valence-electron chi connectivity index (χ4n) is 2.01. The molecule has 0 radical (unpaired) electrons. The molecule has 8 nitrogen and oxygen atoms in total. The highest BCUT2D eigenvalue weighted by Gasteiger charge is 2.20. The second-order valence-electron chi connectivity index (χ2n) is 4.38. The molecule has 0 saturated heterocycles. The first kappa shape index (κ1) is 17.6. The zero-order valence-corrected chi connectivity index (χ0v) is 14.3. The van der Waals surface area contributed by atoms with Crippen molar-refractivity contribution < 1.29 is 13.6 Å². The van der Waals surface area contributed by atoms with Crippen molar-refractivity contribution in [1.82, 2.24) is 8.96 Å². The van der Waals surface area contributed by atoms with Crippen molar-refractivity contribution in [3.8, 4) is 6.07 Å². The van der Waals surface area contributed by atoms with Gasteiger partial charge >= 0.3 is 0 Å². The lowest BCUT2D eigenvalue weighted by Gasteiger charge is -2.06. The van der Waals surface area contributed by atoms with Gasteiger partial charge in [0.05, 0.1) is 22.0 Å². The van der Waals surface area contributed by atoms with Crippen LogP contribution in [0, 0.1) is 16.2 Å². The van der Waals surface area contributed by atoms with Crippen molar-refractivity contribution in [2.24, 2.45) is 5.34 Å². The SMILES string of the molecule is N#Cc1cc(Br)c2ncn(S(=O)(=O)c3ccccc3)c2c1.O=NO. The first-order valence-corrected chi connectivity index (χ1v) is 8.53. The number of nitriles is 1. The summed E-state index contributed by atoms with van der Waals surface area (Å²) in [5, 5.41) is 16.9. The lowest BCUT2D eigenvalue weighted by molar-refractivity contribution is 0.312.